The van der Waals surface area contributed by atoms with Gasteiger partial charge >= 0.3 is 17.8 Å². The second-order valence-corrected chi connectivity index (χ2v) is 8.31. The van der Waals surface area contributed by atoms with Gasteiger partial charge in [-0.1, -0.05) is 0 Å². The number of hydrogen-bond donors (Lipinski definition) is 2. The van der Waals surface area contributed by atoms with Crippen LogP contribution in [0.4, 0.5) is 5.00 Å². The van der Waals surface area contributed by atoms with E-state index in [9.17, 15) is 14.4 Å². The van der Waals surface area contributed by atoms with E-state index in [1.807, 2.05) is 18.4 Å². The molecule has 0 atom stereocenters. The summed E-state index contributed by atoms with van der Waals surface area (Å²) in [5.74, 6) is -2.24. The summed E-state index contributed by atoms with van der Waals surface area (Å²) in [6.07, 6.45) is 5.16. The number of aryl methyl sites for hydroxylation is 2. The van der Waals surface area contributed by atoms with Crippen molar-refractivity contribution in [3.8, 4) is 0 Å². The van der Waals surface area contributed by atoms with E-state index in [-0.39, 0.29) is 6.61 Å². The van der Waals surface area contributed by atoms with Crippen LogP contribution in [0.5, 0.6) is 0 Å². The molecule has 0 aliphatic heterocycles. The summed E-state index contributed by atoms with van der Waals surface area (Å²) in [6.45, 7) is 3.91. The van der Waals surface area contributed by atoms with Crippen LogP contribution in [0.3, 0.4) is 0 Å². The number of fused-ring (bicyclic) bond motifs is 1. The summed E-state index contributed by atoms with van der Waals surface area (Å²) < 4.78 is 5.15. The molecule has 2 amide bonds. The van der Waals surface area contributed by atoms with Crippen molar-refractivity contribution in [1.29, 1.82) is 0 Å². The van der Waals surface area contributed by atoms with Crippen LogP contribution in [-0.2, 0) is 27.2 Å². The molecular weight excluding hydrogens is 398 g/mol. The average Bonchev–Trinajstić information content (AvgIpc) is 3.24. The summed E-state index contributed by atoms with van der Waals surface area (Å²) >= 11 is 2.82. The Bertz CT molecular complexity index is 930. The first-order chi connectivity index (χ1) is 13.5. The van der Waals surface area contributed by atoms with Crippen LogP contribution >= 0.6 is 22.7 Å². The zero-order valence-corrected chi connectivity index (χ0v) is 17.3. The fraction of sp³-hybridized carbons (Fsp3) is 0.368. The van der Waals surface area contributed by atoms with Crippen LogP contribution < -0.4 is 10.7 Å². The Morgan fingerprint density at radius 1 is 1.25 bits per heavy atom. The first-order valence-corrected chi connectivity index (χ1v) is 10.7. The number of hydrazone groups is 1. The van der Waals surface area contributed by atoms with Gasteiger partial charge in [0.2, 0.25) is 0 Å². The molecule has 0 radical (unpaired) electrons. The minimum atomic E-state index is -0.897. The number of carbonyl (C=O) groups is 3. The summed E-state index contributed by atoms with van der Waals surface area (Å²) in [5.41, 5.74) is 4.56. The Hall–Kier alpha value is -2.52. The lowest BCUT2D eigenvalue weighted by Gasteiger charge is -2.12. The van der Waals surface area contributed by atoms with Gasteiger partial charge in [-0.25, -0.2) is 10.2 Å². The van der Waals surface area contributed by atoms with Gasteiger partial charge in [0.25, 0.3) is 0 Å². The Balaban J connectivity index is 1.71. The smallest absolute Gasteiger partial charge is 0.341 e. The predicted octanol–water partition coefficient (Wildman–Crippen LogP) is 3.26. The Morgan fingerprint density at radius 3 is 2.75 bits per heavy atom. The highest BCUT2D eigenvalue weighted by Gasteiger charge is 2.28. The molecule has 0 fully saturated rings. The molecule has 2 aromatic heterocycles. The first-order valence-electron chi connectivity index (χ1n) is 9.01. The van der Waals surface area contributed by atoms with Gasteiger partial charge in [-0.3, -0.25) is 9.59 Å². The number of nitrogens with one attached hydrogen (secondary N) is 2. The van der Waals surface area contributed by atoms with Crippen molar-refractivity contribution >= 4 is 51.7 Å². The Morgan fingerprint density at radius 2 is 2.04 bits per heavy atom. The maximum Gasteiger partial charge on any atom is 0.341 e. The van der Waals surface area contributed by atoms with Crippen LogP contribution in [0.1, 0.15) is 51.0 Å². The number of carbonyl (C=O) groups excluding carboxylic acids is 3. The van der Waals surface area contributed by atoms with Crippen molar-refractivity contribution in [2.75, 3.05) is 11.9 Å². The predicted molar refractivity (Wildman–Crippen MR) is 110 cm³/mol. The fourth-order valence-corrected chi connectivity index (χ4v) is 5.01. The lowest BCUT2D eigenvalue weighted by molar-refractivity contribution is -0.136. The molecule has 9 heteroatoms. The van der Waals surface area contributed by atoms with Crippen LogP contribution in [0.25, 0.3) is 0 Å². The molecule has 0 bridgehead atoms. The normalized spacial score (nSPS) is 13.2. The first kappa shape index (κ1) is 20.2. The molecule has 2 heterocycles. The van der Waals surface area contributed by atoms with Gasteiger partial charge < -0.3 is 10.1 Å². The van der Waals surface area contributed by atoms with Crippen molar-refractivity contribution in [2.24, 2.45) is 5.10 Å². The molecule has 2 N–H and O–H groups in total. The van der Waals surface area contributed by atoms with Gasteiger partial charge in [-0.15, -0.1) is 22.7 Å². The molecule has 2 aromatic rings. The highest BCUT2D eigenvalue weighted by molar-refractivity contribution is 7.17. The maximum absolute atomic E-state index is 12.4. The second kappa shape index (κ2) is 9.11. The molecular formula is C19H21N3O4S2. The van der Waals surface area contributed by atoms with Crippen molar-refractivity contribution in [1.82, 2.24) is 5.43 Å². The molecule has 0 spiro atoms. The zero-order valence-electron chi connectivity index (χ0n) is 15.7. The van der Waals surface area contributed by atoms with E-state index in [2.05, 4.69) is 15.8 Å². The van der Waals surface area contributed by atoms with Gasteiger partial charge in [0.05, 0.1) is 18.4 Å². The molecule has 7 nitrogen and oxygen atoms in total. The minimum Gasteiger partial charge on any atom is -0.462 e. The van der Waals surface area contributed by atoms with E-state index in [4.69, 9.17) is 4.74 Å². The van der Waals surface area contributed by atoms with E-state index in [1.54, 1.807) is 6.92 Å². The van der Waals surface area contributed by atoms with Gasteiger partial charge in [0, 0.05) is 9.75 Å². The van der Waals surface area contributed by atoms with E-state index in [0.29, 0.717) is 10.6 Å². The zero-order chi connectivity index (χ0) is 20.1. The van der Waals surface area contributed by atoms with Crippen LogP contribution in [-0.4, -0.2) is 30.6 Å². The second-order valence-electron chi connectivity index (χ2n) is 6.26. The lowest BCUT2D eigenvalue weighted by atomic mass is 9.95. The molecule has 1 aliphatic carbocycles. The molecule has 0 unspecified atom stereocenters. The quantitative estimate of drug-likeness (QED) is 0.336. The summed E-state index contributed by atoms with van der Waals surface area (Å²) in [7, 11) is 0. The fourth-order valence-electron chi connectivity index (χ4n) is 2.95. The van der Waals surface area contributed by atoms with Crippen molar-refractivity contribution in [3.05, 3.63) is 37.9 Å². The largest absolute Gasteiger partial charge is 0.462 e. The third-order valence-electron chi connectivity index (χ3n) is 4.33. The molecule has 1 aliphatic rings. The van der Waals surface area contributed by atoms with Gasteiger partial charge in [0.1, 0.15) is 5.00 Å². The van der Waals surface area contributed by atoms with E-state index < -0.39 is 17.8 Å². The molecule has 148 valence electrons. The molecule has 0 saturated heterocycles. The molecule has 28 heavy (non-hydrogen) atoms. The maximum atomic E-state index is 12.4. The summed E-state index contributed by atoms with van der Waals surface area (Å²) in [4.78, 5) is 38.7. The monoisotopic (exact) mass is 419 g/mol. The van der Waals surface area contributed by atoms with Gasteiger partial charge in [-0.05, 0) is 62.1 Å². The Labute approximate surface area is 170 Å². The molecule has 0 saturated carbocycles. The average molecular weight is 420 g/mol. The number of esters is 1. The molecule has 0 aromatic carbocycles. The van der Waals surface area contributed by atoms with Crippen molar-refractivity contribution in [2.45, 2.75) is 39.5 Å². The Kier molecular flexibility index (Phi) is 6.58. The number of ether oxygens (including phenoxy) is 1. The van der Waals surface area contributed by atoms with Crippen molar-refractivity contribution in [3.63, 3.8) is 0 Å². The summed E-state index contributed by atoms with van der Waals surface area (Å²) in [5, 5.41) is 8.67. The number of anilines is 1. The standard InChI is InChI=1S/C19H21N3O4S2/c1-3-26-19(25)15-12-6-4-5-7-13(12)28-18(15)21-16(23)17(24)22-20-10-14-11(2)8-9-27-14/h8-10H,3-7H2,1-2H3,(H,21,23)(H,22,24)/b20-10+. The number of thiophene rings is 2. The van der Waals surface area contributed by atoms with E-state index >= 15 is 0 Å². The van der Waals surface area contributed by atoms with Gasteiger partial charge in [-0.2, -0.15) is 5.10 Å². The third kappa shape index (κ3) is 4.48. The topological polar surface area (TPSA) is 96.9 Å². The highest BCUT2D eigenvalue weighted by atomic mass is 32.1. The number of hydrogen-bond acceptors (Lipinski definition) is 7. The van der Waals surface area contributed by atoms with E-state index in [1.165, 1.54) is 28.9 Å². The number of nitrogens with zero attached hydrogens (tertiary/aromatic N) is 1. The van der Waals surface area contributed by atoms with E-state index in [0.717, 1.165) is 46.6 Å². The number of amides is 2. The SMILES string of the molecule is CCOC(=O)c1c(NC(=O)C(=O)N/N=C/c2sccc2C)sc2c1CCCC2. The van der Waals surface area contributed by atoms with Crippen LogP contribution in [0.2, 0.25) is 0 Å². The van der Waals surface area contributed by atoms with Gasteiger partial charge in [0.15, 0.2) is 0 Å². The van der Waals surface area contributed by atoms with Crippen molar-refractivity contribution < 1.29 is 19.1 Å². The highest BCUT2D eigenvalue weighted by Crippen LogP contribution is 2.38. The number of rotatable bonds is 5. The minimum absolute atomic E-state index is 0.244. The molecule has 3 rings (SSSR count). The van der Waals surface area contributed by atoms with Crippen LogP contribution in [0.15, 0.2) is 16.5 Å². The summed E-state index contributed by atoms with van der Waals surface area (Å²) in [6, 6.07) is 1.94. The lowest BCUT2D eigenvalue weighted by Crippen LogP contribution is -2.32. The third-order valence-corrected chi connectivity index (χ3v) is 6.49. The van der Waals surface area contributed by atoms with Crippen LogP contribution in [0, 0.1) is 6.92 Å².